The maximum atomic E-state index is 13.2. The van der Waals surface area contributed by atoms with Crippen LogP contribution >= 0.6 is 11.6 Å². The molecule has 4 bridgehead atoms. The molecular formula is C29H34ClN3O3. The van der Waals surface area contributed by atoms with E-state index in [0.717, 1.165) is 50.3 Å². The lowest BCUT2D eigenvalue weighted by atomic mass is 9.45. The van der Waals surface area contributed by atoms with E-state index in [1.54, 1.807) is 13.2 Å². The number of anilines is 1. The minimum Gasteiger partial charge on any atom is -0.497 e. The van der Waals surface area contributed by atoms with Crippen molar-refractivity contribution in [3.05, 3.63) is 58.6 Å². The summed E-state index contributed by atoms with van der Waals surface area (Å²) in [5.74, 6) is 1.75. The lowest BCUT2D eigenvalue weighted by molar-refractivity contribution is -0.261. The summed E-state index contributed by atoms with van der Waals surface area (Å²) in [6.07, 6.45) is 7.59. The molecule has 8 rings (SSSR count). The van der Waals surface area contributed by atoms with E-state index >= 15 is 0 Å². The molecule has 0 unspecified atom stereocenters. The number of carbonyl (C=O) groups is 1. The summed E-state index contributed by atoms with van der Waals surface area (Å²) in [6.45, 7) is 2.84. The molecule has 4 atom stereocenters. The first-order valence-electron chi connectivity index (χ1n) is 13.4. The van der Waals surface area contributed by atoms with Crippen LogP contribution in [0.15, 0.2) is 42.5 Å². The van der Waals surface area contributed by atoms with Crippen molar-refractivity contribution in [1.29, 1.82) is 0 Å². The molecule has 0 radical (unpaired) electrons. The van der Waals surface area contributed by atoms with Crippen LogP contribution in [0.25, 0.3) is 0 Å². The van der Waals surface area contributed by atoms with E-state index < -0.39 is 5.54 Å². The Morgan fingerprint density at radius 2 is 2.06 bits per heavy atom. The number of urea groups is 1. The highest BCUT2D eigenvalue weighted by atomic mass is 35.5. The van der Waals surface area contributed by atoms with Crippen molar-refractivity contribution in [1.82, 2.24) is 10.2 Å². The maximum Gasteiger partial charge on any atom is 0.319 e. The summed E-state index contributed by atoms with van der Waals surface area (Å²) in [4.78, 5) is 16.0. The molecule has 190 valence electrons. The Morgan fingerprint density at radius 3 is 2.81 bits per heavy atom. The molecule has 2 aromatic rings. The van der Waals surface area contributed by atoms with E-state index in [1.807, 2.05) is 18.2 Å². The molecule has 3 saturated heterocycles. The zero-order valence-corrected chi connectivity index (χ0v) is 21.6. The number of halogens is 1. The molecule has 3 aliphatic carbocycles. The Balaban J connectivity index is 1.24. The topological polar surface area (TPSA) is 62.8 Å². The molecule has 2 N–H and O–H groups in total. The van der Waals surface area contributed by atoms with Crippen LogP contribution in [-0.2, 0) is 16.6 Å². The molecule has 2 saturated carbocycles. The van der Waals surface area contributed by atoms with Gasteiger partial charge in [-0.25, -0.2) is 4.79 Å². The molecule has 3 aliphatic heterocycles. The third-order valence-corrected chi connectivity index (χ3v) is 10.1. The molecule has 36 heavy (non-hydrogen) atoms. The predicted octanol–water partition coefficient (Wildman–Crippen LogP) is 5.14. The smallest absolute Gasteiger partial charge is 0.319 e. The monoisotopic (exact) mass is 507 g/mol. The first-order chi connectivity index (χ1) is 17.5. The summed E-state index contributed by atoms with van der Waals surface area (Å²) in [5.41, 5.74) is 2.67. The van der Waals surface area contributed by atoms with Crippen molar-refractivity contribution in [3.63, 3.8) is 0 Å². The van der Waals surface area contributed by atoms with Gasteiger partial charge in [0.25, 0.3) is 0 Å². The molecule has 6 aliphatic rings. The van der Waals surface area contributed by atoms with Gasteiger partial charge < -0.3 is 20.1 Å². The van der Waals surface area contributed by atoms with Gasteiger partial charge in [-0.3, -0.25) is 4.90 Å². The number of carbonyl (C=O) groups excluding carboxylic acids is 1. The highest BCUT2D eigenvalue weighted by Gasteiger charge is 2.71. The van der Waals surface area contributed by atoms with Gasteiger partial charge in [-0.05, 0) is 92.8 Å². The van der Waals surface area contributed by atoms with E-state index in [2.05, 4.69) is 33.7 Å². The molecule has 0 aromatic heterocycles. The molecule has 3 heterocycles. The number of nitrogens with zero attached hydrogens (tertiary/aromatic N) is 1. The molecule has 6 nitrogen and oxygen atoms in total. The van der Waals surface area contributed by atoms with Gasteiger partial charge in [0.1, 0.15) is 5.75 Å². The molecule has 2 amide bonds. The van der Waals surface area contributed by atoms with Gasteiger partial charge in [-0.15, -0.1) is 0 Å². The van der Waals surface area contributed by atoms with Crippen molar-refractivity contribution in [2.24, 2.45) is 5.92 Å². The fourth-order valence-electron chi connectivity index (χ4n) is 7.96. The second kappa shape index (κ2) is 8.11. The SMILES string of the molecule is COc1ccc2c(c1)[C@]13CCN(CC4CC4)[C@H](C2)[C@]12CC[C@@](NC(=O)Nc1ccccc1Cl)(CO2)C3. The Morgan fingerprint density at radius 1 is 1.19 bits per heavy atom. The summed E-state index contributed by atoms with van der Waals surface area (Å²) in [5, 5.41) is 6.86. The summed E-state index contributed by atoms with van der Waals surface area (Å²) < 4.78 is 12.7. The normalized spacial score (nSPS) is 34.4. The van der Waals surface area contributed by atoms with Crippen molar-refractivity contribution in [2.45, 2.75) is 67.5 Å². The van der Waals surface area contributed by atoms with Crippen LogP contribution in [0.4, 0.5) is 10.5 Å². The Kier molecular flexibility index (Phi) is 5.15. The fourth-order valence-corrected chi connectivity index (χ4v) is 8.15. The van der Waals surface area contributed by atoms with E-state index in [1.165, 1.54) is 30.5 Å². The fraction of sp³-hybridized carbons (Fsp3) is 0.552. The maximum absolute atomic E-state index is 13.2. The number of piperidine rings is 1. The van der Waals surface area contributed by atoms with Gasteiger partial charge >= 0.3 is 6.03 Å². The molecule has 5 fully saturated rings. The van der Waals surface area contributed by atoms with Crippen LogP contribution in [0.3, 0.4) is 0 Å². The number of hydrogen-bond donors (Lipinski definition) is 2. The van der Waals surface area contributed by atoms with Crippen molar-refractivity contribution in [3.8, 4) is 5.75 Å². The van der Waals surface area contributed by atoms with Gasteiger partial charge in [0.2, 0.25) is 0 Å². The quantitative estimate of drug-likeness (QED) is 0.588. The van der Waals surface area contributed by atoms with Crippen molar-refractivity contribution >= 4 is 23.3 Å². The Bertz CT molecular complexity index is 1210. The van der Waals surface area contributed by atoms with Gasteiger partial charge in [-0.2, -0.15) is 0 Å². The first-order valence-corrected chi connectivity index (χ1v) is 13.7. The number of hydrogen-bond acceptors (Lipinski definition) is 4. The molecular weight excluding hydrogens is 474 g/mol. The van der Waals surface area contributed by atoms with Crippen molar-refractivity contribution in [2.75, 3.05) is 32.1 Å². The van der Waals surface area contributed by atoms with Gasteiger partial charge in [0.15, 0.2) is 0 Å². The van der Waals surface area contributed by atoms with E-state index in [4.69, 9.17) is 21.1 Å². The summed E-state index contributed by atoms with van der Waals surface area (Å²) >= 11 is 6.30. The number of para-hydroxylation sites is 1. The van der Waals surface area contributed by atoms with E-state index in [0.29, 0.717) is 23.4 Å². The third-order valence-electron chi connectivity index (χ3n) is 9.77. The highest BCUT2D eigenvalue weighted by Crippen LogP contribution is 2.65. The second-order valence-electron chi connectivity index (χ2n) is 11.7. The standard InChI is InChI=1S/C29H34ClN3O3/c1-35-21-9-8-20-14-25-29-11-10-27(18-36-29,32-26(34)31-24-5-3-2-4-23(24)30)17-28(29,22(20)15-21)12-13-33(25)16-19-6-7-19/h2-5,8-9,15,19,25H,6-7,10-14,16-18H2,1H3,(H2,31,32,34)/t25-,27+,28-,29-/m1/s1. The number of likely N-dealkylation sites (tertiary alicyclic amines) is 1. The summed E-state index contributed by atoms with van der Waals surface area (Å²) in [7, 11) is 1.74. The van der Waals surface area contributed by atoms with Gasteiger partial charge in [0.05, 0.1) is 35.6 Å². The molecule has 2 aromatic carbocycles. The number of benzene rings is 2. The average Bonchev–Trinajstić information content (AvgIpc) is 3.71. The Hall–Kier alpha value is -2.28. The van der Waals surface area contributed by atoms with Crippen LogP contribution in [0.5, 0.6) is 5.75 Å². The van der Waals surface area contributed by atoms with Crippen LogP contribution in [0, 0.1) is 5.92 Å². The third kappa shape index (κ3) is 3.34. The van der Waals surface area contributed by atoms with Crippen LogP contribution < -0.4 is 15.4 Å². The Labute approximate surface area is 217 Å². The van der Waals surface area contributed by atoms with Crippen LogP contribution in [0.2, 0.25) is 5.02 Å². The van der Waals surface area contributed by atoms with E-state index in [-0.39, 0.29) is 17.0 Å². The lowest BCUT2D eigenvalue weighted by Gasteiger charge is -2.71. The zero-order chi connectivity index (χ0) is 24.5. The molecule has 7 heteroatoms. The van der Waals surface area contributed by atoms with E-state index in [9.17, 15) is 4.79 Å². The predicted molar refractivity (Wildman–Crippen MR) is 140 cm³/mol. The minimum atomic E-state index is -0.409. The number of nitrogens with one attached hydrogen (secondary N) is 2. The second-order valence-corrected chi connectivity index (χ2v) is 12.1. The number of ether oxygens (including phenoxy) is 2. The lowest BCUT2D eigenvalue weighted by Crippen LogP contribution is -2.81. The largest absolute Gasteiger partial charge is 0.497 e. The van der Waals surface area contributed by atoms with Crippen LogP contribution in [-0.4, -0.2) is 54.9 Å². The number of amides is 2. The minimum absolute atomic E-state index is 0.131. The number of methoxy groups -OCH3 is 1. The molecule has 1 spiro atoms. The van der Waals surface area contributed by atoms with Crippen LogP contribution in [0.1, 0.15) is 49.7 Å². The highest BCUT2D eigenvalue weighted by molar-refractivity contribution is 6.33. The zero-order valence-electron chi connectivity index (χ0n) is 20.8. The number of fused-ring (bicyclic) bond motifs is 3. The van der Waals surface area contributed by atoms with Crippen molar-refractivity contribution < 1.29 is 14.3 Å². The first kappa shape index (κ1) is 22.9. The summed E-state index contributed by atoms with van der Waals surface area (Å²) in [6, 6.07) is 14.1. The van der Waals surface area contributed by atoms with Gasteiger partial charge in [-0.1, -0.05) is 29.8 Å². The average molecular weight is 508 g/mol. The van der Waals surface area contributed by atoms with Gasteiger partial charge in [0, 0.05) is 18.0 Å². The number of rotatable bonds is 5.